The number of carbonyl (C=O) groups is 2. The molecule has 1 aliphatic carbocycles. The van der Waals surface area contributed by atoms with Crippen molar-refractivity contribution >= 4 is 17.6 Å². The third-order valence-electron chi connectivity index (χ3n) is 5.73. The normalized spacial score (nSPS) is 18.6. The van der Waals surface area contributed by atoms with Gasteiger partial charge >= 0.3 is 6.03 Å². The summed E-state index contributed by atoms with van der Waals surface area (Å²) in [6.45, 7) is 7.37. The highest BCUT2D eigenvalue weighted by molar-refractivity contribution is 5.95. The van der Waals surface area contributed by atoms with Crippen molar-refractivity contribution in [2.75, 3.05) is 31.5 Å². The van der Waals surface area contributed by atoms with Crippen LogP contribution in [0.25, 0.3) is 0 Å². The van der Waals surface area contributed by atoms with Crippen molar-refractivity contribution < 1.29 is 9.59 Å². The lowest BCUT2D eigenvalue weighted by Gasteiger charge is -2.33. The fourth-order valence-electron chi connectivity index (χ4n) is 4.14. The number of amides is 3. The number of anilines is 1. The summed E-state index contributed by atoms with van der Waals surface area (Å²) >= 11 is 0. The molecule has 0 bridgehead atoms. The van der Waals surface area contributed by atoms with Gasteiger partial charge in [-0.05, 0) is 55.9 Å². The van der Waals surface area contributed by atoms with Crippen molar-refractivity contribution in [3.63, 3.8) is 0 Å². The summed E-state index contributed by atoms with van der Waals surface area (Å²) in [4.78, 5) is 26.7. The highest BCUT2D eigenvalue weighted by Gasteiger charge is 2.24. The molecule has 1 aromatic carbocycles. The Bertz CT molecular complexity index is 660. The van der Waals surface area contributed by atoms with Crippen molar-refractivity contribution in [1.29, 1.82) is 0 Å². The number of nitrogens with zero attached hydrogens (tertiary/aromatic N) is 1. The van der Waals surface area contributed by atoms with Crippen LogP contribution in [0.5, 0.6) is 0 Å². The van der Waals surface area contributed by atoms with Gasteiger partial charge < -0.3 is 20.9 Å². The lowest BCUT2D eigenvalue weighted by atomic mass is 10.0. The maximum absolute atomic E-state index is 12.3. The second kappa shape index (κ2) is 10.3. The van der Waals surface area contributed by atoms with E-state index in [-0.39, 0.29) is 18.0 Å². The van der Waals surface area contributed by atoms with Crippen molar-refractivity contribution in [1.82, 2.24) is 15.5 Å². The molecule has 2 aliphatic rings. The molecule has 2 fully saturated rings. The van der Waals surface area contributed by atoms with Crippen LogP contribution < -0.4 is 16.0 Å². The molecule has 0 spiro atoms. The third kappa shape index (κ3) is 6.09. The highest BCUT2D eigenvalue weighted by atomic mass is 16.2. The Morgan fingerprint density at radius 3 is 2.39 bits per heavy atom. The molecule has 1 saturated heterocycles. The topological polar surface area (TPSA) is 73.5 Å². The van der Waals surface area contributed by atoms with Crippen LogP contribution in [0.4, 0.5) is 10.5 Å². The molecule has 1 aliphatic heterocycles. The van der Waals surface area contributed by atoms with Gasteiger partial charge in [-0.15, -0.1) is 6.58 Å². The van der Waals surface area contributed by atoms with Gasteiger partial charge in [-0.2, -0.15) is 0 Å². The maximum atomic E-state index is 12.3. The van der Waals surface area contributed by atoms with E-state index in [1.165, 1.54) is 32.2 Å². The smallest absolute Gasteiger partial charge is 0.319 e. The number of carbonyl (C=O) groups excluding carboxylic acids is 2. The Morgan fingerprint density at radius 2 is 1.75 bits per heavy atom. The molecule has 0 aromatic heterocycles. The molecule has 152 valence electrons. The lowest BCUT2D eigenvalue weighted by Crippen LogP contribution is -2.46. The van der Waals surface area contributed by atoms with Crippen LogP contribution in [0.1, 0.15) is 48.9 Å². The highest BCUT2D eigenvalue weighted by Crippen LogP contribution is 2.26. The van der Waals surface area contributed by atoms with Crippen LogP contribution in [0.3, 0.4) is 0 Å². The Kier molecular flexibility index (Phi) is 7.48. The molecule has 0 unspecified atom stereocenters. The minimum absolute atomic E-state index is 0.153. The molecule has 0 radical (unpaired) electrons. The van der Waals surface area contributed by atoms with Gasteiger partial charge in [0.15, 0.2) is 0 Å². The van der Waals surface area contributed by atoms with Gasteiger partial charge in [0.1, 0.15) is 0 Å². The largest absolute Gasteiger partial charge is 0.349 e. The summed E-state index contributed by atoms with van der Waals surface area (Å²) in [6, 6.07) is 6.94. The van der Waals surface area contributed by atoms with Gasteiger partial charge in [0, 0.05) is 43.5 Å². The van der Waals surface area contributed by atoms with E-state index >= 15 is 0 Å². The molecular weight excluding hydrogens is 352 g/mol. The Labute approximate surface area is 167 Å². The first-order valence-corrected chi connectivity index (χ1v) is 10.4. The van der Waals surface area contributed by atoms with Crippen molar-refractivity contribution in [3.8, 4) is 0 Å². The van der Waals surface area contributed by atoms with Gasteiger partial charge in [-0.25, -0.2) is 4.79 Å². The van der Waals surface area contributed by atoms with E-state index in [1.807, 2.05) is 0 Å². The summed E-state index contributed by atoms with van der Waals surface area (Å²) in [5.41, 5.74) is 1.24. The van der Waals surface area contributed by atoms with Crippen molar-refractivity contribution in [2.24, 2.45) is 5.92 Å². The van der Waals surface area contributed by atoms with Crippen LogP contribution in [-0.2, 0) is 0 Å². The molecule has 28 heavy (non-hydrogen) atoms. The SMILES string of the molecule is C=CCNC(=O)c1ccc(NC(=O)NC2CCN(CC3CCCC3)CC2)cc1. The Balaban J connectivity index is 1.38. The van der Waals surface area contributed by atoms with Crippen LogP contribution in [0, 0.1) is 5.92 Å². The van der Waals surface area contributed by atoms with E-state index < -0.39 is 0 Å². The summed E-state index contributed by atoms with van der Waals surface area (Å²) in [5, 5.41) is 8.67. The number of likely N-dealkylation sites (tertiary alicyclic amines) is 1. The average molecular weight is 385 g/mol. The molecule has 1 heterocycles. The zero-order chi connectivity index (χ0) is 19.8. The Morgan fingerprint density at radius 1 is 1.07 bits per heavy atom. The minimum atomic E-state index is -0.182. The van der Waals surface area contributed by atoms with Gasteiger partial charge in [0.25, 0.3) is 5.91 Å². The number of benzene rings is 1. The van der Waals surface area contributed by atoms with Crippen molar-refractivity contribution in [3.05, 3.63) is 42.5 Å². The second-order valence-corrected chi connectivity index (χ2v) is 7.90. The summed E-state index contributed by atoms with van der Waals surface area (Å²) in [6.07, 6.45) is 9.19. The van der Waals surface area contributed by atoms with E-state index in [1.54, 1.807) is 30.3 Å². The zero-order valence-electron chi connectivity index (χ0n) is 16.6. The second-order valence-electron chi connectivity index (χ2n) is 7.90. The molecule has 6 heteroatoms. The first-order valence-electron chi connectivity index (χ1n) is 10.4. The van der Waals surface area contributed by atoms with E-state index in [0.717, 1.165) is 31.8 Å². The number of hydrogen-bond donors (Lipinski definition) is 3. The molecule has 6 nitrogen and oxygen atoms in total. The van der Waals surface area contributed by atoms with E-state index in [4.69, 9.17) is 0 Å². The molecule has 3 rings (SSSR count). The van der Waals surface area contributed by atoms with Crippen LogP contribution >= 0.6 is 0 Å². The fourth-order valence-corrected chi connectivity index (χ4v) is 4.14. The first kappa shape index (κ1) is 20.4. The summed E-state index contributed by atoms with van der Waals surface area (Å²) in [7, 11) is 0. The van der Waals surface area contributed by atoms with Crippen LogP contribution in [0.2, 0.25) is 0 Å². The number of urea groups is 1. The average Bonchev–Trinajstić information content (AvgIpc) is 3.21. The molecule has 0 atom stereocenters. The maximum Gasteiger partial charge on any atom is 0.319 e. The minimum Gasteiger partial charge on any atom is -0.349 e. The number of hydrogen-bond acceptors (Lipinski definition) is 3. The molecule has 1 aromatic rings. The fraction of sp³-hybridized carbons (Fsp3) is 0.545. The summed E-state index contributed by atoms with van der Waals surface area (Å²) < 4.78 is 0. The number of piperidine rings is 1. The third-order valence-corrected chi connectivity index (χ3v) is 5.73. The molecular formula is C22H32N4O2. The standard InChI is InChI=1S/C22H32N4O2/c1-2-13-23-21(27)18-7-9-19(10-8-18)24-22(28)25-20-11-14-26(15-12-20)16-17-5-3-4-6-17/h2,7-10,17,20H,1,3-6,11-16H2,(H,23,27)(H2,24,25,28). The molecule has 3 amide bonds. The predicted molar refractivity (Wildman–Crippen MR) is 113 cm³/mol. The van der Waals surface area contributed by atoms with Gasteiger partial charge in [-0.1, -0.05) is 18.9 Å². The van der Waals surface area contributed by atoms with Crippen LogP contribution in [-0.4, -0.2) is 49.1 Å². The van der Waals surface area contributed by atoms with Gasteiger partial charge in [-0.3, -0.25) is 4.79 Å². The van der Waals surface area contributed by atoms with Crippen LogP contribution in [0.15, 0.2) is 36.9 Å². The number of rotatable bonds is 7. The lowest BCUT2D eigenvalue weighted by molar-refractivity contribution is 0.0958. The van der Waals surface area contributed by atoms with Gasteiger partial charge in [0.05, 0.1) is 0 Å². The number of nitrogens with one attached hydrogen (secondary N) is 3. The first-order chi connectivity index (χ1) is 13.6. The van der Waals surface area contributed by atoms with Crippen molar-refractivity contribution in [2.45, 2.75) is 44.6 Å². The molecule has 3 N–H and O–H groups in total. The van der Waals surface area contributed by atoms with E-state index in [0.29, 0.717) is 17.8 Å². The Hall–Kier alpha value is -2.34. The monoisotopic (exact) mass is 384 g/mol. The van der Waals surface area contributed by atoms with E-state index in [9.17, 15) is 9.59 Å². The van der Waals surface area contributed by atoms with E-state index in [2.05, 4.69) is 27.4 Å². The zero-order valence-corrected chi connectivity index (χ0v) is 16.6. The quantitative estimate of drug-likeness (QED) is 0.631. The molecule has 1 saturated carbocycles. The van der Waals surface area contributed by atoms with Gasteiger partial charge in [0.2, 0.25) is 0 Å². The summed E-state index contributed by atoms with van der Waals surface area (Å²) in [5.74, 6) is 0.731. The predicted octanol–water partition coefficient (Wildman–Crippen LogP) is 3.38.